The molecule has 8 heteroatoms. The van der Waals surface area contributed by atoms with Gasteiger partial charge in [0.05, 0.1) is 21.5 Å². The zero-order valence-corrected chi connectivity index (χ0v) is 16.2. The molecule has 3 aromatic carbocycles. The second-order valence-corrected chi connectivity index (χ2v) is 7.01. The molecule has 1 atom stereocenters. The van der Waals surface area contributed by atoms with Gasteiger partial charge < -0.3 is 10.4 Å². The Hall–Kier alpha value is -4.33. The van der Waals surface area contributed by atoms with Crippen LogP contribution < -0.4 is 5.32 Å². The van der Waals surface area contributed by atoms with Crippen molar-refractivity contribution in [3.63, 3.8) is 0 Å². The highest BCUT2D eigenvalue weighted by Gasteiger charge is 2.24. The van der Waals surface area contributed by atoms with E-state index >= 15 is 0 Å². The summed E-state index contributed by atoms with van der Waals surface area (Å²) >= 11 is 0. The summed E-state index contributed by atoms with van der Waals surface area (Å²) in [6.45, 7) is 0. The zero-order valence-electron chi connectivity index (χ0n) is 16.2. The second-order valence-electron chi connectivity index (χ2n) is 7.01. The van der Waals surface area contributed by atoms with Gasteiger partial charge in [-0.05, 0) is 17.7 Å². The molecule has 0 aliphatic rings. The molecule has 1 aromatic heterocycles. The monoisotopic (exact) mass is 415 g/mol. The molecule has 1 amide bonds. The fraction of sp³-hybridized carbons (Fsp3) is 0.0870. The molecule has 1 heterocycles. The number of aliphatic carboxylic acids is 1. The minimum Gasteiger partial charge on any atom is -0.480 e. The topological polar surface area (TPSA) is 122 Å². The Morgan fingerprint density at radius 1 is 0.935 bits per heavy atom. The van der Waals surface area contributed by atoms with E-state index < -0.39 is 22.8 Å². The zero-order chi connectivity index (χ0) is 22.0. The van der Waals surface area contributed by atoms with Gasteiger partial charge in [-0.1, -0.05) is 48.5 Å². The number of carbonyl (C=O) groups is 2. The minimum absolute atomic E-state index is 0.0139. The molecule has 0 aliphatic carbocycles. The summed E-state index contributed by atoms with van der Waals surface area (Å²) in [5, 5.41) is 24.3. The van der Waals surface area contributed by atoms with Crippen LogP contribution in [0.2, 0.25) is 0 Å². The number of nitro benzene ring substituents is 1. The maximum Gasteiger partial charge on any atom is 0.326 e. The first-order valence-electron chi connectivity index (χ1n) is 9.48. The second kappa shape index (κ2) is 8.19. The van der Waals surface area contributed by atoms with Crippen molar-refractivity contribution >= 4 is 39.4 Å². The molecular formula is C23H17N3O5. The summed E-state index contributed by atoms with van der Waals surface area (Å²) in [7, 11) is 0. The summed E-state index contributed by atoms with van der Waals surface area (Å²) in [4.78, 5) is 39.9. The quantitative estimate of drug-likeness (QED) is 0.281. The van der Waals surface area contributed by atoms with E-state index in [2.05, 4.69) is 10.3 Å². The predicted molar refractivity (Wildman–Crippen MR) is 115 cm³/mol. The van der Waals surface area contributed by atoms with Crippen LogP contribution in [0.25, 0.3) is 21.8 Å². The summed E-state index contributed by atoms with van der Waals surface area (Å²) in [6.07, 6.45) is -0.0139. The number of carbonyl (C=O) groups excluding carboxylic acids is 1. The van der Waals surface area contributed by atoms with Crippen LogP contribution in [-0.2, 0) is 11.2 Å². The summed E-state index contributed by atoms with van der Waals surface area (Å²) < 4.78 is 0. The number of nitrogens with one attached hydrogen (secondary N) is 1. The molecule has 31 heavy (non-hydrogen) atoms. The van der Waals surface area contributed by atoms with Crippen LogP contribution in [-0.4, -0.2) is 32.9 Å². The van der Waals surface area contributed by atoms with Crippen molar-refractivity contribution in [3.05, 3.63) is 94.0 Å². The number of carboxylic acids is 1. The number of rotatable bonds is 6. The Morgan fingerprint density at radius 3 is 2.00 bits per heavy atom. The van der Waals surface area contributed by atoms with Crippen LogP contribution in [0.15, 0.2) is 72.8 Å². The number of benzene rings is 3. The van der Waals surface area contributed by atoms with E-state index in [0.29, 0.717) is 32.9 Å². The first-order chi connectivity index (χ1) is 14.9. The average Bonchev–Trinajstić information content (AvgIpc) is 2.77. The van der Waals surface area contributed by atoms with Gasteiger partial charge in [0, 0.05) is 29.3 Å². The number of non-ortho nitro benzene ring substituents is 1. The van der Waals surface area contributed by atoms with Crippen molar-refractivity contribution in [1.29, 1.82) is 0 Å². The number of nitro groups is 1. The Kier molecular flexibility index (Phi) is 5.28. The lowest BCUT2D eigenvalue weighted by atomic mass is 10.0. The highest BCUT2D eigenvalue weighted by atomic mass is 16.6. The number of amides is 1. The van der Waals surface area contributed by atoms with Gasteiger partial charge in [-0.3, -0.25) is 14.9 Å². The lowest BCUT2D eigenvalue weighted by molar-refractivity contribution is -0.384. The molecule has 0 aliphatic heterocycles. The molecule has 0 saturated heterocycles. The smallest absolute Gasteiger partial charge is 0.326 e. The van der Waals surface area contributed by atoms with Crippen molar-refractivity contribution < 1.29 is 19.6 Å². The first kappa shape index (κ1) is 20.0. The van der Waals surface area contributed by atoms with Crippen molar-refractivity contribution in [2.75, 3.05) is 0 Å². The number of pyridine rings is 1. The lowest BCUT2D eigenvalue weighted by Gasteiger charge is -2.17. The van der Waals surface area contributed by atoms with Gasteiger partial charge in [-0.15, -0.1) is 0 Å². The van der Waals surface area contributed by atoms with E-state index in [0.717, 1.165) is 0 Å². The number of hydrogen-bond acceptors (Lipinski definition) is 5. The molecule has 0 saturated carbocycles. The van der Waals surface area contributed by atoms with Crippen molar-refractivity contribution in [1.82, 2.24) is 10.3 Å². The van der Waals surface area contributed by atoms with Crippen molar-refractivity contribution in [2.45, 2.75) is 12.5 Å². The van der Waals surface area contributed by atoms with Crippen molar-refractivity contribution in [3.8, 4) is 0 Å². The first-order valence-corrected chi connectivity index (χ1v) is 9.48. The molecule has 0 unspecified atom stereocenters. The van der Waals surface area contributed by atoms with Gasteiger partial charge in [-0.25, -0.2) is 9.78 Å². The Balaban J connectivity index is 1.68. The number of fused-ring (bicyclic) bond motifs is 2. The summed E-state index contributed by atoms with van der Waals surface area (Å²) in [5.74, 6) is -1.72. The third-order valence-corrected chi connectivity index (χ3v) is 5.01. The van der Waals surface area contributed by atoms with Crippen LogP contribution in [0.3, 0.4) is 0 Å². The molecule has 4 rings (SSSR count). The van der Waals surface area contributed by atoms with E-state index in [9.17, 15) is 24.8 Å². The molecule has 2 N–H and O–H groups in total. The highest BCUT2D eigenvalue weighted by molar-refractivity contribution is 6.16. The Labute approximate surface area is 176 Å². The number of para-hydroxylation sites is 2. The molecule has 0 radical (unpaired) electrons. The van der Waals surface area contributed by atoms with Gasteiger partial charge in [-0.2, -0.15) is 0 Å². The Bertz CT molecular complexity index is 1260. The molecular weight excluding hydrogens is 398 g/mol. The fourth-order valence-corrected chi connectivity index (χ4v) is 3.50. The van der Waals surface area contributed by atoms with E-state index in [4.69, 9.17) is 0 Å². The molecule has 0 bridgehead atoms. The summed E-state index contributed by atoms with van der Waals surface area (Å²) in [5.41, 5.74) is 2.09. The molecule has 8 nitrogen and oxygen atoms in total. The standard InChI is InChI=1S/C23H17N3O5/c27-22(25-20(23(28)29)13-14-9-11-15(12-10-14)26(30)31)21-16-5-1-3-7-18(16)24-19-8-4-2-6-17(19)21/h1-12,20H,13H2,(H,25,27)(H,28,29)/t20-/m0/s1. The van der Waals surface area contributed by atoms with Crippen LogP contribution in [0.4, 0.5) is 5.69 Å². The van der Waals surface area contributed by atoms with Crippen LogP contribution in [0.1, 0.15) is 15.9 Å². The normalized spacial score (nSPS) is 11.9. The maximum atomic E-state index is 13.2. The molecule has 0 spiro atoms. The number of nitrogens with zero attached hydrogens (tertiary/aromatic N) is 2. The largest absolute Gasteiger partial charge is 0.480 e. The SMILES string of the molecule is O=C(N[C@@H](Cc1ccc([N+](=O)[O-])cc1)C(=O)O)c1c2ccccc2nc2ccccc12. The van der Waals surface area contributed by atoms with Gasteiger partial charge in [0.15, 0.2) is 0 Å². The molecule has 4 aromatic rings. The Morgan fingerprint density at radius 2 is 1.48 bits per heavy atom. The van der Waals surface area contributed by atoms with Gasteiger partial charge in [0.1, 0.15) is 6.04 Å². The highest BCUT2D eigenvalue weighted by Crippen LogP contribution is 2.26. The van der Waals surface area contributed by atoms with Crippen LogP contribution in [0, 0.1) is 10.1 Å². The maximum absolute atomic E-state index is 13.2. The lowest BCUT2D eigenvalue weighted by Crippen LogP contribution is -2.42. The van der Waals surface area contributed by atoms with Crippen molar-refractivity contribution in [2.24, 2.45) is 0 Å². The predicted octanol–water partition coefficient (Wildman–Crippen LogP) is 3.72. The number of aromatic nitrogens is 1. The van der Waals surface area contributed by atoms with Gasteiger partial charge in [0.2, 0.25) is 0 Å². The van der Waals surface area contributed by atoms with Gasteiger partial charge >= 0.3 is 5.97 Å². The van der Waals surface area contributed by atoms with E-state index in [1.807, 2.05) is 12.1 Å². The average molecular weight is 415 g/mol. The van der Waals surface area contributed by atoms with Crippen LogP contribution in [0.5, 0.6) is 0 Å². The van der Waals surface area contributed by atoms with Crippen LogP contribution >= 0.6 is 0 Å². The van der Waals surface area contributed by atoms with E-state index in [1.165, 1.54) is 24.3 Å². The number of carboxylic acid groups (broad SMARTS) is 1. The van der Waals surface area contributed by atoms with E-state index in [-0.39, 0.29) is 12.1 Å². The third-order valence-electron chi connectivity index (χ3n) is 5.01. The third kappa shape index (κ3) is 4.04. The minimum atomic E-state index is -1.21. The van der Waals surface area contributed by atoms with E-state index in [1.54, 1.807) is 36.4 Å². The number of hydrogen-bond donors (Lipinski definition) is 2. The summed E-state index contributed by atoms with van der Waals surface area (Å²) in [6, 6.07) is 18.7. The molecule has 154 valence electrons. The fourth-order valence-electron chi connectivity index (χ4n) is 3.50. The molecule has 0 fully saturated rings. The van der Waals surface area contributed by atoms with Gasteiger partial charge in [0.25, 0.3) is 11.6 Å².